The van der Waals surface area contributed by atoms with E-state index >= 15 is 0 Å². The fourth-order valence-corrected chi connectivity index (χ4v) is 5.59. The summed E-state index contributed by atoms with van der Waals surface area (Å²) < 4.78 is 6.57. The number of nitrogens with zero attached hydrogens (tertiary/aromatic N) is 2. The summed E-state index contributed by atoms with van der Waals surface area (Å²) >= 11 is 0. The van der Waals surface area contributed by atoms with Crippen LogP contribution in [0.2, 0.25) is 0 Å². The maximum absolute atomic E-state index is 12.3. The van der Waals surface area contributed by atoms with E-state index in [-0.39, 0.29) is 17.9 Å². The Morgan fingerprint density at radius 3 is 2.62 bits per heavy atom. The van der Waals surface area contributed by atoms with Gasteiger partial charge in [-0.25, -0.2) is 0 Å². The Labute approximate surface area is 205 Å². The molecule has 5 nitrogen and oxygen atoms in total. The zero-order valence-corrected chi connectivity index (χ0v) is 21.2. The first-order valence-electron chi connectivity index (χ1n) is 13.7. The summed E-state index contributed by atoms with van der Waals surface area (Å²) in [6.07, 6.45) is 13.3. The van der Waals surface area contributed by atoms with Crippen LogP contribution >= 0.6 is 0 Å². The first-order chi connectivity index (χ1) is 16.7. The van der Waals surface area contributed by atoms with Gasteiger partial charge < -0.3 is 15.0 Å². The molecular formula is C29H43N3O2. The highest BCUT2D eigenvalue weighted by Gasteiger charge is 2.29. The van der Waals surface area contributed by atoms with Crippen LogP contribution in [0.15, 0.2) is 30.5 Å². The van der Waals surface area contributed by atoms with Crippen LogP contribution in [0.4, 0.5) is 0 Å². The van der Waals surface area contributed by atoms with Crippen molar-refractivity contribution in [1.82, 2.24) is 15.2 Å². The first kappa shape index (κ1) is 25.0. The quantitative estimate of drug-likeness (QED) is 0.485. The second-order valence-corrected chi connectivity index (χ2v) is 10.4. The number of pyridine rings is 1. The number of aromatic nitrogens is 1. The third kappa shape index (κ3) is 6.71. The van der Waals surface area contributed by atoms with Gasteiger partial charge in [0.05, 0.1) is 0 Å². The van der Waals surface area contributed by atoms with E-state index in [0.29, 0.717) is 0 Å². The summed E-state index contributed by atoms with van der Waals surface area (Å²) in [6, 6.07) is 8.66. The van der Waals surface area contributed by atoms with Crippen molar-refractivity contribution in [3.05, 3.63) is 36.0 Å². The largest absolute Gasteiger partial charge is 0.488 e. The zero-order valence-electron chi connectivity index (χ0n) is 21.2. The highest BCUT2D eigenvalue weighted by atomic mass is 16.5. The Morgan fingerprint density at radius 1 is 1.09 bits per heavy atom. The molecule has 186 valence electrons. The highest BCUT2D eigenvalue weighted by Crippen LogP contribution is 2.32. The molecule has 0 atom stereocenters. The predicted molar refractivity (Wildman–Crippen MR) is 139 cm³/mol. The molecule has 34 heavy (non-hydrogen) atoms. The van der Waals surface area contributed by atoms with Gasteiger partial charge in [-0.2, -0.15) is 0 Å². The summed E-state index contributed by atoms with van der Waals surface area (Å²) in [6.45, 7) is 8.53. The van der Waals surface area contributed by atoms with Gasteiger partial charge in [0.2, 0.25) is 5.91 Å². The van der Waals surface area contributed by atoms with Crippen LogP contribution in [0.3, 0.4) is 0 Å². The third-order valence-corrected chi connectivity index (χ3v) is 7.66. The molecule has 1 aliphatic heterocycles. The van der Waals surface area contributed by atoms with E-state index in [2.05, 4.69) is 47.2 Å². The molecule has 1 amide bonds. The number of aryl methyl sites for hydroxylation is 1. The molecule has 0 unspecified atom stereocenters. The fourth-order valence-electron chi connectivity index (χ4n) is 5.59. The molecule has 2 fully saturated rings. The van der Waals surface area contributed by atoms with Crippen molar-refractivity contribution in [2.24, 2.45) is 11.8 Å². The first-order valence-corrected chi connectivity index (χ1v) is 13.7. The number of likely N-dealkylation sites (tertiary alicyclic amines) is 1. The van der Waals surface area contributed by atoms with Crippen molar-refractivity contribution in [2.45, 2.75) is 84.2 Å². The van der Waals surface area contributed by atoms with E-state index in [9.17, 15) is 4.79 Å². The van der Waals surface area contributed by atoms with Crippen molar-refractivity contribution >= 4 is 16.8 Å². The summed E-state index contributed by atoms with van der Waals surface area (Å²) in [5.41, 5.74) is 2.35. The molecular weight excluding hydrogens is 422 g/mol. The van der Waals surface area contributed by atoms with Gasteiger partial charge in [0, 0.05) is 43.7 Å². The third-order valence-electron chi connectivity index (χ3n) is 7.66. The lowest BCUT2D eigenvalue weighted by atomic mass is 9.81. The minimum atomic E-state index is 0.235. The van der Waals surface area contributed by atoms with E-state index in [1.807, 2.05) is 12.3 Å². The van der Waals surface area contributed by atoms with Crippen LogP contribution in [0.5, 0.6) is 5.75 Å². The van der Waals surface area contributed by atoms with Crippen LogP contribution in [-0.4, -0.2) is 48.1 Å². The molecule has 4 rings (SSSR count). The molecule has 1 aromatic carbocycles. The van der Waals surface area contributed by atoms with Crippen molar-refractivity contribution in [3.63, 3.8) is 0 Å². The van der Waals surface area contributed by atoms with Crippen molar-refractivity contribution < 1.29 is 9.53 Å². The lowest BCUT2D eigenvalue weighted by Gasteiger charge is -2.36. The number of fused-ring (bicyclic) bond motifs is 1. The summed E-state index contributed by atoms with van der Waals surface area (Å²) in [7, 11) is 0. The molecule has 2 aromatic rings. The molecule has 0 bridgehead atoms. The molecule has 1 aliphatic carbocycles. The van der Waals surface area contributed by atoms with Gasteiger partial charge >= 0.3 is 0 Å². The number of carbonyl (C=O) groups excluding carboxylic acids is 1. The lowest BCUT2D eigenvalue weighted by Crippen LogP contribution is -2.42. The van der Waals surface area contributed by atoms with Crippen LogP contribution in [0.25, 0.3) is 10.9 Å². The van der Waals surface area contributed by atoms with Gasteiger partial charge in [0.1, 0.15) is 17.4 Å². The van der Waals surface area contributed by atoms with Crippen LogP contribution in [0, 0.1) is 11.8 Å². The Kier molecular flexibility index (Phi) is 9.20. The van der Waals surface area contributed by atoms with Gasteiger partial charge in [-0.1, -0.05) is 26.3 Å². The molecule has 1 aromatic heterocycles. The van der Waals surface area contributed by atoms with Gasteiger partial charge in [0.15, 0.2) is 0 Å². The smallest absolute Gasteiger partial charge is 0.223 e. The molecule has 5 heteroatoms. The number of rotatable bonds is 10. The van der Waals surface area contributed by atoms with Gasteiger partial charge in [-0.05, 0) is 87.5 Å². The number of nitrogens with one attached hydrogen (secondary N) is 1. The van der Waals surface area contributed by atoms with E-state index in [0.717, 1.165) is 75.3 Å². The van der Waals surface area contributed by atoms with Crippen LogP contribution < -0.4 is 10.1 Å². The molecule has 1 saturated heterocycles. The Hall–Kier alpha value is -2.14. The average Bonchev–Trinajstić information content (AvgIpc) is 2.87. The predicted octanol–water partition coefficient (Wildman–Crippen LogP) is 5.75. The average molecular weight is 466 g/mol. The number of ether oxygens (including phenoxy) is 1. The van der Waals surface area contributed by atoms with E-state index < -0.39 is 0 Å². The van der Waals surface area contributed by atoms with E-state index in [4.69, 9.17) is 4.74 Å². The molecule has 2 heterocycles. The standard InChI is InChI=1S/C29H43N3O2/c1-3-5-7-23-19-25-8-6-16-30-28(25)27(20-23)34-26-13-17-32(18-14-26)21-22-9-11-24(12-10-22)29(33)31-15-4-2/h6,8,16,19-20,22,24,26H,3-5,7,9-15,17-18,21H2,1-2H3,(H,31,33). The normalized spacial score (nSPS) is 22.1. The molecule has 1 N–H and O–H groups in total. The van der Waals surface area contributed by atoms with Gasteiger partial charge in [0.25, 0.3) is 0 Å². The topological polar surface area (TPSA) is 54.5 Å². The van der Waals surface area contributed by atoms with E-state index in [1.165, 1.54) is 43.2 Å². The lowest BCUT2D eigenvalue weighted by molar-refractivity contribution is -0.126. The van der Waals surface area contributed by atoms with Crippen molar-refractivity contribution in [1.29, 1.82) is 0 Å². The Morgan fingerprint density at radius 2 is 1.88 bits per heavy atom. The fraction of sp³-hybridized carbons (Fsp3) is 0.655. The molecule has 2 aliphatic rings. The van der Waals surface area contributed by atoms with Gasteiger partial charge in [-0.3, -0.25) is 9.78 Å². The minimum Gasteiger partial charge on any atom is -0.488 e. The number of carbonyl (C=O) groups is 1. The summed E-state index contributed by atoms with van der Waals surface area (Å²) in [4.78, 5) is 19.5. The number of amides is 1. The maximum Gasteiger partial charge on any atom is 0.223 e. The number of benzene rings is 1. The maximum atomic E-state index is 12.3. The Bertz CT molecular complexity index is 915. The van der Waals surface area contributed by atoms with E-state index in [1.54, 1.807) is 0 Å². The number of piperidine rings is 1. The second kappa shape index (κ2) is 12.5. The number of hydrogen-bond acceptors (Lipinski definition) is 4. The Balaban J connectivity index is 1.26. The van der Waals surface area contributed by atoms with Crippen molar-refractivity contribution in [2.75, 3.05) is 26.2 Å². The summed E-state index contributed by atoms with van der Waals surface area (Å²) in [5, 5.41) is 4.26. The molecule has 1 saturated carbocycles. The second-order valence-electron chi connectivity index (χ2n) is 10.4. The summed E-state index contributed by atoms with van der Waals surface area (Å²) in [5.74, 6) is 2.20. The molecule has 0 spiro atoms. The molecule has 0 radical (unpaired) electrons. The SMILES string of the molecule is CCCCc1cc(OC2CCN(CC3CCC(C(=O)NCCC)CC3)CC2)c2ncccc2c1. The number of unbranched alkanes of at least 4 members (excludes halogenated alkanes) is 1. The van der Waals surface area contributed by atoms with Crippen LogP contribution in [0.1, 0.15) is 77.2 Å². The van der Waals surface area contributed by atoms with Crippen LogP contribution in [-0.2, 0) is 11.2 Å². The zero-order chi connectivity index (χ0) is 23.8. The monoisotopic (exact) mass is 465 g/mol. The highest BCUT2D eigenvalue weighted by molar-refractivity contribution is 5.85. The number of hydrogen-bond donors (Lipinski definition) is 1. The van der Waals surface area contributed by atoms with Crippen molar-refractivity contribution in [3.8, 4) is 5.75 Å². The minimum absolute atomic E-state index is 0.235. The van der Waals surface area contributed by atoms with Gasteiger partial charge in [-0.15, -0.1) is 0 Å².